The van der Waals surface area contributed by atoms with Crippen molar-refractivity contribution < 1.29 is 4.79 Å². The molecule has 0 amide bonds. The molecule has 2 unspecified atom stereocenters. The second-order valence-corrected chi connectivity index (χ2v) is 4.76. The Hall–Kier alpha value is -0.850. The Bertz CT molecular complexity index is 238. The quantitative estimate of drug-likeness (QED) is 0.553. The molecular weight excluding hydrogens is 196 g/mol. The number of hydrogen-bond donors (Lipinski definition) is 0. The molecule has 0 heterocycles. The molecule has 0 fully saturated rings. The van der Waals surface area contributed by atoms with Crippen LogP contribution in [0.2, 0.25) is 0 Å². The minimum atomic E-state index is 0.330. The van der Waals surface area contributed by atoms with Crippen LogP contribution in [0.15, 0.2) is 23.8 Å². The molecule has 0 aromatic heterocycles. The fraction of sp³-hybridized carbons (Fsp3) is 0.667. The van der Waals surface area contributed by atoms with Crippen molar-refractivity contribution in [1.82, 2.24) is 0 Å². The van der Waals surface area contributed by atoms with E-state index in [0.717, 1.165) is 19.3 Å². The van der Waals surface area contributed by atoms with Gasteiger partial charge in [-0.05, 0) is 38.0 Å². The third kappa shape index (κ3) is 8.46. The van der Waals surface area contributed by atoms with Crippen LogP contribution in [-0.2, 0) is 4.79 Å². The highest BCUT2D eigenvalue weighted by molar-refractivity contribution is 5.51. The van der Waals surface area contributed by atoms with Crippen molar-refractivity contribution in [2.75, 3.05) is 0 Å². The average molecular weight is 221 g/mol. The van der Waals surface area contributed by atoms with Gasteiger partial charge in [-0.2, -0.15) is 0 Å². The van der Waals surface area contributed by atoms with Crippen molar-refractivity contribution >= 4 is 6.29 Å². The van der Waals surface area contributed by atoms with Gasteiger partial charge in [-0.25, -0.2) is 0 Å². The molecule has 0 rings (SSSR count). The number of allylic oxidation sites excluding steroid dienone is 4. The van der Waals surface area contributed by atoms with E-state index < -0.39 is 0 Å². The maximum absolute atomic E-state index is 10.2. The SMILES string of the molecule is CC/C=C/CC(C)C/C(C)=C/C(C)C[C]=O. The predicted molar refractivity (Wildman–Crippen MR) is 71.1 cm³/mol. The maximum Gasteiger partial charge on any atom is 0.198 e. The molecule has 0 aliphatic rings. The molecule has 0 aromatic carbocycles. The lowest BCUT2D eigenvalue weighted by Crippen LogP contribution is -1.97. The van der Waals surface area contributed by atoms with Crippen LogP contribution in [0.5, 0.6) is 0 Å². The van der Waals surface area contributed by atoms with Gasteiger partial charge in [0.2, 0.25) is 0 Å². The Morgan fingerprint density at radius 3 is 2.56 bits per heavy atom. The summed E-state index contributed by atoms with van der Waals surface area (Å²) in [6, 6.07) is 0. The molecule has 1 nitrogen and oxygen atoms in total. The summed E-state index contributed by atoms with van der Waals surface area (Å²) >= 11 is 0. The first-order valence-corrected chi connectivity index (χ1v) is 6.27. The Balaban J connectivity index is 3.97. The Morgan fingerprint density at radius 1 is 1.31 bits per heavy atom. The summed E-state index contributed by atoms with van der Waals surface area (Å²) < 4.78 is 0. The fourth-order valence-electron chi connectivity index (χ4n) is 1.87. The van der Waals surface area contributed by atoms with Gasteiger partial charge in [-0.1, -0.05) is 44.6 Å². The van der Waals surface area contributed by atoms with Crippen molar-refractivity contribution in [2.24, 2.45) is 11.8 Å². The average Bonchev–Trinajstić information content (AvgIpc) is 2.17. The molecule has 0 saturated heterocycles. The second kappa shape index (κ2) is 9.38. The summed E-state index contributed by atoms with van der Waals surface area (Å²) in [5, 5.41) is 0. The van der Waals surface area contributed by atoms with Crippen molar-refractivity contribution in [3.8, 4) is 0 Å². The van der Waals surface area contributed by atoms with Crippen LogP contribution in [0.25, 0.3) is 0 Å². The first-order valence-electron chi connectivity index (χ1n) is 6.27. The van der Waals surface area contributed by atoms with E-state index in [0.29, 0.717) is 18.3 Å². The molecular formula is C15H25O. The van der Waals surface area contributed by atoms with E-state index in [9.17, 15) is 4.79 Å². The minimum absolute atomic E-state index is 0.330. The third-order valence-electron chi connectivity index (χ3n) is 2.59. The van der Waals surface area contributed by atoms with Gasteiger partial charge >= 0.3 is 0 Å². The minimum Gasteiger partial charge on any atom is -0.291 e. The lowest BCUT2D eigenvalue weighted by Gasteiger charge is -2.10. The lowest BCUT2D eigenvalue weighted by molar-refractivity contribution is 0.540. The smallest absolute Gasteiger partial charge is 0.198 e. The molecule has 2 atom stereocenters. The zero-order chi connectivity index (χ0) is 12.4. The molecule has 0 aliphatic heterocycles. The highest BCUT2D eigenvalue weighted by Gasteiger charge is 2.03. The summed E-state index contributed by atoms with van der Waals surface area (Å²) in [4.78, 5) is 10.2. The first kappa shape index (κ1) is 15.2. The zero-order valence-corrected chi connectivity index (χ0v) is 11.1. The summed E-state index contributed by atoms with van der Waals surface area (Å²) in [5.74, 6) is 1.02. The molecule has 0 spiro atoms. The van der Waals surface area contributed by atoms with Crippen LogP contribution in [-0.4, -0.2) is 6.29 Å². The Labute approximate surface area is 101 Å². The van der Waals surface area contributed by atoms with Crippen molar-refractivity contribution in [1.29, 1.82) is 0 Å². The highest BCUT2D eigenvalue weighted by atomic mass is 16.1. The van der Waals surface area contributed by atoms with E-state index in [4.69, 9.17) is 0 Å². The van der Waals surface area contributed by atoms with Gasteiger partial charge in [-0.15, -0.1) is 0 Å². The summed E-state index contributed by atoms with van der Waals surface area (Å²) in [7, 11) is 0. The molecule has 0 aromatic rings. The van der Waals surface area contributed by atoms with Crippen LogP contribution in [0.4, 0.5) is 0 Å². The van der Waals surface area contributed by atoms with Crippen molar-refractivity contribution in [3.05, 3.63) is 23.8 Å². The van der Waals surface area contributed by atoms with Crippen LogP contribution in [0, 0.1) is 11.8 Å². The number of hydrogen-bond acceptors (Lipinski definition) is 1. The van der Waals surface area contributed by atoms with E-state index in [2.05, 4.69) is 45.9 Å². The molecule has 91 valence electrons. The monoisotopic (exact) mass is 221 g/mol. The van der Waals surface area contributed by atoms with Gasteiger partial charge in [0.25, 0.3) is 0 Å². The molecule has 16 heavy (non-hydrogen) atoms. The van der Waals surface area contributed by atoms with E-state index in [1.165, 1.54) is 5.57 Å². The summed E-state index contributed by atoms with van der Waals surface area (Å²) in [5.41, 5.74) is 1.39. The topological polar surface area (TPSA) is 17.1 Å². The van der Waals surface area contributed by atoms with Crippen molar-refractivity contribution in [2.45, 2.75) is 53.4 Å². The molecule has 1 radical (unpaired) electrons. The molecule has 0 N–H and O–H groups in total. The van der Waals surface area contributed by atoms with Gasteiger partial charge in [0.15, 0.2) is 6.29 Å². The lowest BCUT2D eigenvalue weighted by atomic mass is 9.95. The number of rotatable bonds is 8. The maximum atomic E-state index is 10.2. The van der Waals surface area contributed by atoms with Crippen LogP contribution >= 0.6 is 0 Å². The Morgan fingerprint density at radius 2 is 2.00 bits per heavy atom. The predicted octanol–water partition coefficient (Wildman–Crippen LogP) is 4.45. The number of carbonyl (C=O) groups excluding carboxylic acids is 1. The fourth-order valence-corrected chi connectivity index (χ4v) is 1.87. The standard InChI is InChI=1S/C15H25O/c1-5-6-7-8-13(2)11-15(4)12-14(3)9-10-16/h6-7,12-14H,5,8-9,11H2,1-4H3/b7-6+,15-12+. The van der Waals surface area contributed by atoms with Gasteiger partial charge < -0.3 is 0 Å². The summed E-state index contributed by atoms with van der Waals surface area (Å²) in [6.45, 7) is 8.65. The van der Waals surface area contributed by atoms with Crippen LogP contribution in [0.1, 0.15) is 53.4 Å². The normalized spacial score (nSPS) is 16.4. The van der Waals surface area contributed by atoms with Crippen LogP contribution in [0.3, 0.4) is 0 Å². The Kier molecular flexibility index (Phi) is 8.88. The summed E-state index contributed by atoms with van der Waals surface area (Å²) in [6.07, 6.45) is 12.6. The first-order chi connectivity index (χ1) is 7.60. The highest BCUT2D eigenvalue weighted by Crippen LogP contribution is 2.17. The van der Waals surface area contributed by atoms with Crippen molar-refractivity contribution in [3.63, 3.8) is 0 Å². The molecule has 0 aliphatic carbocycles. The molecule has 1 heteroatoms. The molecule has 0 bridgehead atoms. The molecule has 0 saturated carbocycles. The van der Waals surface area contributed by atoms with Gasteiger partial charge in [0.1, 0.15) is 0 Å². The van der Waals surface area contributed by atoms with E-state index >= 15 is 0 Å². The van der Waals surface area contributed by atoms with Gasteiger partial charge in [-0.3, -0.25) is 4.79 Å². The van der Waals surface area contributed by atoms with E-state index in [-0.39, 0.29) is 0 Å². The van der Waals surface area contributed by atoms with E-state index in [1.807, 2.05) is 6.29 Å². The van der Waals surface area contributed by atoms with E-state index in [1.54, 1.807) is 0 Å². The van der Waals surface area contributed by atoms with Crippen LogP contribution < -0.4 is 0 Å². The largest absolute Gasteiger partial charge is 0.291 e. The van der Waals surface area contributed by atoms with Gasteiger partial charge in [0, 0.05) is 6.42 Å². The third-order valence-corrected chi connectivity index (χ3v) is 2.59. The van der Waals surface area contributed by atoms with Gasteiger partial charge in [0.05, 0.1) is 0 Å². The second-order valence-electron chi connectivity index (χ2n) is 4.76. The zero-order valence-electron chi connectivity index (χ0n) is 11.1.